The predicted molar refractivity (Wildman–Crippen MR) is 88.0 cm³/mol. The molecule has 110 valence electrons. The van der Waals surface area contributed by atoms with E-state index in [9.17, 15) is 5.26 Å². The topological polar surface area (TPSA) is 39.9 Å². The van der Waals surface area contributed by atoms with Crippen LogP contribution < -0.4 is 4.90 Å². The average molecular weight is 289 g/mol. The second-order valence-corrected chi connectivity index (χ2v) is 6.41. The van der Waals surface area contributed by atoms with Crippen LogP contribution in [0.25, 0.3) is 11.1 Å². The van der Waals surface area contributed by atoms with Crippen molar-refractivity contribution in [3.8, 4) is 17.2 Å². The fourth-order valence-electron chi connectivity index (χ4n) is 3.33. The maximum atomic E-state index is 9.53. The van der Waals surface area contributed by atoms with Crippen molar-refractivity contribution in [3.63, 3.8) is 0 Å². The van der Waals surface area contributed by atoms with E-state index >= 15 is 0 Å². The molecule has 1 aliphatic carbocycles. The molecule has 4 rings (SSSR count). The summed E-state index contributed by atoms with van der Waals surface area (Å²) in [7, 11) is 2.10. The molecular weight excluding hydrogens is 270 g/mol. The van der Waals surface area contributed by atoms with Gasteiger partial charge in [-0.1, -0.05) is 6.07 Å². The first kappa shape index (κ1) is 13.3. The zero-order valence-electron chi connectivity index (χ0n) is 12.8. The Morgan fingerprint density at radius 3 is 2.82 bits per heavy atom. The summed E-state index contributed by atoms with van der Waals surface area (Å²) >= 11 is 0. The summed E-state index contributed by atoms with van der Waals surface area (Å²) in [4.78, 5) is 6.85. The number of hydrogen-bond acceptors (Lipinski definition) is 3. The Morgan fingerprint density at radius 1 is 1.27 bits per heavy atom. The van der Waals surface area contributed by atoms with Gasteiger partial charge in [-0.3, -0.25) is 4.98 Å². The van der Waals surface area contributed by atoms with Crippen LogP contribution in [0.2, 0.25) is 0 Å². The Labute approximate surface area is 131 Å². The van der Waals surface area contributed by atoms with Gasteiger partial charge in [-0.25, -0.2) is 0 Å². The fraction of sp³-hybridized carbons (Fsp3) is 0.368. The molecule has 0 saturated heterocycles. The van der Waals surface area contributed by atoms with Crippen molar-refractivity contribution < 1.29 is 0 Å². The monoisotopic (exact) mass is 289 g/mol. The molecule has 3 nitrogen and oxygen atoms in total. The van der Waals surface area contributed by atoms with Crippen LogP contribution in [0.1, 0.15) is 42.0 Å². The van der Waals surface area contributed by atoms with E-state index in [1.54, 1.807) is 0 Å². The zero-order valence-corrected chi connectivity index (χ0v) is 12.8. The molecule has 1 saturated carbocycles. The van der Waals surface area contributed by atoms with Crippen molar-refractivity contribution in [1.29, 1.82) is 5.26 Å². The molecule has 1 fully saturated rings. The molecular formula is C19H19N3. The molecule has 0 amide bonds. The van der Waals surface area contributed by atoms with E-state index in [1.807, 2.05) is 12.3 Å². The molecule has 2 heterocycles. The number of nitriles is 1. The van der Waals surface area contributed by atoms with Gasteiger partial charge in [0.15, 0.2) is 0 Å². The predicted octanol–water partition coefficient (Wildman–Crippen LogP) is 3.88. The second-order valence-electron chi connectivity index (χ2n) is 6.41. The van der Waals surface area contributed by atoms with Gasteiger partial charge < -0.3 is 4.90 Å². The minimum absolute atomic E-state index is 0.668. The smallest absolute Gasteiger partial charge is 0.0998 e. The Balaban J connectivity index is 1.78. The molecule has 3 heteroatoms. The summed E-state index contributed by atoms with van der Waals surface area (Å²) < 4.78 is 0. The van der Waals surface area contributed by atoms with Crippen LogP contribution in [0, 0.1) is 11.3 Å². The van der Waals surface area contributed by atoms with Gasteiger partial charge in [0, 0.05) is 48.2 Å². The maximum absolute atomic E-state index is 9.53. The molecule has 0 unspecified atom stereocenters. The molecule has 0 radical (unpaired) electrons. The van der Waals surface area contributed by atoms with Crippen molar-refractivity contribution in [2.24, 2.45) is 0 Å². The van der Waals surface area contributed by atoms with Gasteiger partial charge in [-0.05, 0) is 49.4 Å². The van der Waals surface area contributed by atoms with E-state index in [0.717, 1.165) is 29.7 Å². The second kappa shape index (κ2) is 5.14. The quantitative estimate of drug-likeness (QED) is 0.842. The van der Waals surface area contributed by atoms with E-state index in [2.05, 4.69) is 41.2 Å². The van der Waals surface area contributed by atoms with Crippen molar-refractivity contribution >= 4 is 5.69 Å². The fourth-order valence-corrected chi connectivity index (χ4v) is 3.33. The van der Waals surface area contributed by atoms with Gasteiger partial charge in [-0.2, -0.15) is 5.26 Å². The van der Waals surface area contributed by atoms with Crippen LogP contribution in [0.4, 0.5) is 5.69 Å². The number of anilines is 1. The normalized spacial score (nSPS) is 17.0. The number of fused-ring (bicyclic) bond motifs is 1. The summed E-state index contributed by atoms with van der Waals surface area (Å²) in [6.07, 6.45) is 6.73. The first-order chi connectivity index (χ1) is 10.8. The van der Waals surface area contributed by atoms with Crippen molar-refractivity contribution in [1.82, 2.24) is 4.98 Å². The van der Waals surface area contributed by atoms with Gasteiger partial charge in [0.05, 0.1) is 11.6 Å². The standard InChI is InChI=1S/C19H19N3/c1-22-8-2-3-14-9-17(16(11-20)10-19(14)22)15-6-7-18(21-12-15)13-4-5-13/h6-7,9-10,12-13H,2-5,8H2,1H3. The molecule has 0 N–H and O–H groups in total. The zero-order chi connectivity index (χ0) is 15.1. The van der Waals surface area contributed by atoms with Crippen LogP contribution in [0.15, 0.2) is 30.5 Å². The Bertz CT molecular complexity index is 751. The molecule has 1 aromatic carbocycles. The lowest BCUT2D eigenvalue weighted by Gasteiger charge is -2.28. The van der Waals surface area contributed by atoms with E-state index < -0.39 is 0 Å². The van der Waals surface area contributed by atoms with Crippen molar-refractivity contribution in [2.45, 2.75) is 31.6 Å². The first-order valence-electron chi connectivity index (χ1n) is 8.01. The lowest BCUT2D eigenvalue weighted by molar-refractivity contribution is 0.744. The highest BCUT2D eigenvalue weighted by Gasteiger charge is 2.25. The van der Waals surface area contributed by atoms with Crippen LogP contribution in [-0.4, -0.2) is 18.6 Å². The summed E-state index contributed by atoms with van der Waals surface area (Å²) in [5.74, 6) is 0.668. The lowest BCUT2D eigenvalue weighted by atomic mass is 9.93. The lowest BCUT2D eigenvalue weighted by Crippen LogP contribution is -2.24. The molecule has 2 aliphatic rings. The average Bonchev–Trinajstić information content (AvgIpc) is 3.39. The van der Waals surface area contributed by atoms with E-state index in [1.165, 1.54) is 36.2 Å². The third kappa shape index (κ3) is 2.25. The molecule has 0 bridgehead atoms. The molecule has 22 heavy (non-hydrogen) atoms. The Kier molecular flexibility index (Phi) is 3.11. The van der Waals surface area contributed by atoms with Crippen molar-refractivity contribution in [2.75, 3.05) is 18.5 Å². The van der Waals surface area contributed by atoms with Gasteiger partial charge in [0.1, 0.15) is 0 Å². The van der Waals surface area contributed by atoms with Gasteiger partial charge >= 0.3 is 0 Å². The highest BCUT2D eigenvalue weighted by Crippen LogP contribution is 2.40. The molecule has 1 aromatic heterocycles. The third-order valence-electron chi connectivity index (χ3n) is 4.78. The van der Waals surface area contributed by atoms with Crippen LogP contribution in [-0.2, 0) is 6.42 Å². The Hall–Kier alpha value is -2.34. The van der Waals surface area contributed by atoms with Crippen LogP contribution in [0.5, 0.6) is 0 Å². The number of nitrogens with zero attached hydrogens (tertiary/aromatic N) is 3. The molecule has 0 atom stereocenters. The SMILES string of the molecule is CN1CCCc2cc(-c3ccc(C4CC4)nc3)c(C#N)cc21. The van der Waals surface area contributed by atoms with Crippen LogP contribution >= 0.6 is 0 Å². The third-order valence-corrected chi connectivity index (χ3v) is 4.78. The van der Waals surface area contributed by atoms with E-state index in [4.69, 9.17) is 0 Å². The maximum Gasteiger partial charge on any atom is 0.0998 e. The summed E-state index contributed by atoms with van der Waals surface area (Å²) in [6.45, 7) is 1.06. The van der Waals surface area contributed by atoms with Crippen LogP contribution in [0.3, 0.4) is 0 Å². The van der Waals surface area contributed by atoms with Gasteiger partial charge in [-0.15, -0.1) is 0 Å². The summed E-state index contributed by atoms with van der Waals surface area (Å²) in [5.41, 5.74) is 6.56. The van der Waals surface area contributed by atoms with Gasteiger partial charge in [0.25, 0.3) is 0 Å². The minimum Gasteiger partial charge on any atom is -0.374 e. The highest BCUT2D eigenvalue weighted by molar-refractivity contribution is 5.75. The minimum atomic E-state index is 0.668. The number of aromatic nitrogens is 1. The molecule has 0 spiro atoms. The van der Waals surface area contributed by atoms with Gasteiger partial charge in [0.2, 0.25) is 0 Å². The van der Waals surface area contributed by atoms with E-state index in [0.29, 0.717) is 5.92 Å². The molecule has 1 aliphatic heterocycles. The summed E-state index contributed by atoms with van der Waals surface area (Å²) in [5, 5.41) is 9.53. The van der Waals surface area contributed by atoms with Crippen molar-refractivity contribution in [3.05, 3.63) is 47.3 Å². The van der Waals surface area contributed by atoms with E-state index in [-0.39, 0.29) is 0 Å². The number of rotatable bonds is 2. The Morgan fingerprint density at radius 2 is 2.14 bits per heavy atom. The molecule has 2 aromatic rings. The number of pyridine rings is 1. The first-order valence-corrected chi connectivity index (χ1v) is 8.01. The summed E-state index contributed by atoms with van der Waals surface area (Å²) in [6, 6.07) is 10.8. The number of aryl methyl sites for hydroxylation is 1. The largest absolute Gasteiger partial charge is 0.374 e. The number of hydrogen-bond donors (Lipinski definition) is 0. The number of benzene rings is 1. The highest BCUT2D eigenvalue weighted by atomic mass is 15.1.